The lowest BCUT2D eigenvalue weighted by atomic mass is 10.0. The smallest absolute Gasteiger partial charge is 0.199 e. The zero-order valence-corrected chi connectivity index (χ0v) is 16.0. The van der Waals surface area contributed by atoms with Crippen LogP contribution in [0.2, 0.25) is 0 Å². The number of aliphatic imine (C=N–C) groups is 1. The van der Waals surface area contributed by atoms with E-state index in [1.165, 1.54) is 0 Å². The van der Waals surface area contributed by atoms with E-state index in [2.05, 4.69) is 26.7 Å². The number of aliphatic hydroxyl groups excluding tert-OH is 1. The van der Waals surface area contributed by atoms with Gasteiger partial charge in [0.15, 0.2) is 11.8 Å². The van der Waals surface area contributed by atoms with Gasteiger partial charge in [0.05, 0.1) is 11.3 Å². The van der Waals surface area contributed by atoms with Gasteiger partial charge in [0.1, 0.15) is 12.3 Å². The third kappa shape index (κ3) is 5.17. The Bertz CT molecular complexity index is 1040. The summed E-state index contributed by atoms with van der Waals surface area (Å²) in [4.78, 5) is 8.59. The molecule has 0 amide bonds. The molecule has 0 aliphatic carbocycles. The Kier molecular flexibility index (Phi) is 6.53. The highest BCUT2D eigenvalue weighted by atomic mass is 16.3. The molecule has 0 saturated carbocycles. The highest BCUT2D eigenvalue weighted by Gasteiger charge is 2.08. The maximum Gasteiger partial charge on any atom is 0.199 e. The highest BCUT2D eigenvalue weighted by Crippen LogP contribution is 2.23. The van der Waals surface area contributed by atoms with Crippen molar-refractivity contribution in [2.75, 3.05) is 11.9 Å². The second-order valence-electron chi connectivity index (χ2n) is 6.27. The van der Waals surface area contributed by atoms with Crippen LogP contribution >= 0.6 is 0 Å². The van der Waals surface area contributed by atoms with Crippen LogP contribution in [-0.2, 0) is 0 Å². The highest BCUT2D eigenvalue weighted by molar-refractivity contribution is 5.94. The van der Waals surface area contributed by atoms with Crippen molar-refractivity contribution in [3.05, 3.63) is 78.0 Å². The summed E-state index contributed by atoms with van der Waals surface area (Å²) in [6, 6.07) is 20.4. The van der Waals surface area contributed by atoms with E-state index in [9.17, 15) is 5.11 Å². The van der Waals surface area contributed by atoms with E-state index in [0.717, 1.165) is 16.7 Å². The van der Waals surface area contributed by atoms with E-state index in [1.807, 2.05) is 43.3 Å². The van der Waals surface area contributed by atoms with Crippen molar-refractivity contribution >= 4 is 17.5 Å². The van der Waals surface area contributed by atoms with Crippen LogP contribution in [0.5, 0.6) is 0 Å². The number of aliphatic hydroxyl groups is 1. The molecular formula is C22H22N6O. The number of nitrogens with two attached hydrogens (primary N) is 1. The van der Waals surface area contributed by atoms with Gasteiger partial charge in [-0.1, -0.05) is 37.3 Å². The summed E-state index contributed by atoms with van der Waals surface area (Å²) in [5, 5.41) is 25.1. The van der Waals surface area contributed by atoms with Gasteiger partial charge in [-0.25, -0.2) is 4.98 Å². The van der Waals surface area contributed by atoms with Crippen molar-refractivity contribution in [2.24, 2.45) is 10.7 Å². The monoisotopic (exact) mass is 386 g/mol. The molecular weight excluding hydrogens is 364 g/mol. The van der Waals surface area contributed by atoms with Gasteiger partial charge in [-0.05, 0) is 48.0 Å². The molecule has 0 spiro atoms. The Morgan fingerprint density at radius 2 is 2.00 bits per heavy atom. The van der Waals surface area contributed by atoms with Crippen molar-refractivity contribution in [3.8, 4) is 17.2 Å². The first-order valence-corrected chi connectivity index (χ1v) is 9.19. The number of anilines is 1. The van der Waals surface area contributed by atoms with E-state index in [4.69, 9.17) is 11.0 Å². The van der Waals surface area contributed by atoms with Crippen molar-refractivity contribution < 1.29 is 5.11 Å². The van der Waals surface area contributed by atoms with Crippen molar-refractivity contribution in [1.29, 1.82) is 5.26 Å². The minimum absolute atomic E-state index is 0.142. The fraction of sp³-hybridized carbons (Fsp3) is 0.136. The molecule has 0 fully saturated rings. The average molecular weight is 386 g/mol. The van der Waals surface area contributed by atoms with Gasteiger partial charge in [-0.2, -0.15) is 10.3 Å². The van der Waals surface area contributed by atoms with Gasteiger partial charge >= 0.3 is 0 Å². The van der Waals surface area contributed by atoms with Crippen molar-refractivity contribution in [2.45, 2.75) is 13.2 Å². The Morgan fingerprint density at radius 1 is 1.17 bits per heavy atom. The van der Waals surface area contributed by atoms with E-state index >= 15 is 0 Å². The molecule has 0 aliphatic heterocycles. The summed E-state index contributed by atoms with van der Waals surface area (Å²) < 4.78 is 0. The standard InChI is InChI=1S/C22H22N6O/c1-2-25-21(29)16-8-5-7-15(12-16)18-10-11-20(26-14-18)28-22(24)27-19-9-4-3-6-17(19)13-23/h3-12,14,21,25,29H,2H2,1H3,(H3,24,26,27,28). The lowest BCUT2D eigenvalue weighted by Crippen LogP contribution is -2.22. The minimum atomic E-state index is -0.709. The number of nitrogens with one attached hydrogen (secondary N) is 2. The van der Waals surface area contributed by atoms with Crippen molar-refractivity contribution in [3.63, 3.8) is 0 Å². The lowest BCUT2D eigenvalue weighted by molar-refractivity contribution is 0.142. The van der Waals surface area contributed by atoms with Gasteiger partial charge in [-0.15, -0.1) is 0 Å². The second-order valence-corrected chi connectivity index (χ2v) is 6.27. The van der Waals surface area contributed by atoms with Gasteiger partial charge in [0.2, 0.25) is 0 Å². The van der Waals surface area contributed by atoms with E-state index < -0.39 is 6.23 Å². The molecule has 29 heavy (non-hydrogen) atoms. The molecule has 7 heteroatoms. The number of hydrogen-bond donors (Lipinski definition) is 4. The number of pyridine rings is 1. The average Bonchev–Trinajstić information content (AvgIpc) is 2.75. The van der Waals surface area contributed by atoms with Crippen LogP contribution in [-0.4, -0.2) is 22.6 Å². The number of hydrogen-bond acceptors (Lipinski definition) is 5. The molecule has 1 heterocycles. The summed E-state index contributed by atoms with van der Waals surface area (Å²) in [7, 11) is 0. The Hall–Kier alpha value is -3.73. The number of benzene rings is 2. The first-order valence-electron chi connectivity index (χ1n) is 9.19. The summed E-state index contributed by atoms with van der Waals surface area (Å²) in [5.41, 5.74) is 9.64. The maximum absolute atomic E-state index is 10.1. The molecule has 0 radical (unpaired) electrons. The van der Waals surface area contributed by atoms with Crippen LogP contribution in [0.15, 0.2) is 71.9 Å². The van der Waals surface area contributed by atoms with Crippen LogP contribution in [0.1, 0.15) is 24.3 Å². The molecule has 7 nitrogen and oxygen atoms in total. The Balaban J connectivity index is 1.76. The maximum atomic E-state index is 10.1. The van der Waals surface area contributed by atoms with Crippen LogP contribution in [0.3, 0.4) is 0 Å². The minimum Gasteiger partial charge on any atom is -0.374 e. The number of para-hydroxylation sites is 1. The molecule has 5 N–H and O–H groups in total. The van der Waals surface area contributed by atoms with E-state index in [0.29, 0.717) is 23.6 Å². The molecule has 3 aromatic rings. The summed E-state index contributed by atoms with van der Waals surface area (Å²) in [5.74, 6) is 0.584. The Labute approximate surface area is 169 Å². The number of guanidine groups is 1. The fourth-order valence-corrected chi connectivity index (χ4v) is 2.80. The predicted molar refractivity (Wildman–Crippen MR) is 114 cm³/mol. The zero-order valence-electron chi connectivity index (χ0n) is 16.0. The molecule has 1 aromatic heterocycles. The van der Waals surface area contributed by atoms with Crippen LogP contribution in [0.4, 0.5) is 11.5 Å². The summed E-state index contributed by atoms with van der Waals surface area (Å²) in [6.07, 6.45) is 0.993. The summed E-state index contributed by atoms with van der Waals surface area (Å²) >= 11 is 0. The normalized spacial score (nSPS) is 12.2. The van der Waals surface area contributed by atoms with Gasteiger partial charge in [0.25, 0.3) is 0 Å². The first-order chi connectivity index (χ1) is 14.1. The molecule has 0 bridgehead atoms. The van der Waals surface area contributed by atoms with E-state index in [1.54, 1.807) is 30.5 Å². The van der Waals surface area contributed by atoms with Crippen LogP contribution < -0.4 is 16.4 Å². The number of rotatable bonds is 6. The predicted octanol–water partition coefficient (Wildman–Crippen LogP) is 3.28. The van der Waals surface area contributed by atoms with Crippen molar-refractivity contribution in [1.82, 2.24) is 10.3 Å². The van der Waals surface area contributed by atoms with Crippen LogP contribution in [0.25, 0.3) is 11.1 Å². The zero-order chi connectivity index (χ0) is 20.6. The van der Waals surface area contributed by atoms with Crippen LogP contribution in [0, 0.1) is 11.3 Å². The third-order valence-corrected chi connectivity index (χ3v) is 4.23. The molecule has 2 aromatic carbocycles. The second kappa shape index (κ2) is 9.46. The SMILES string of the molecule is CCNC(O)c1cccc(-c2ccc(N=C(N)Nc3ccccc3C#N)nc2)c1. The quantitative estimate of drug-likeness (QED) is 0.293. The molecule has 1 unspecified atom stereocenters. The molecule has 0 saturated heterocycles. The summed E-state index contributed by atoms with van der Waals surface area (Å²) in [6.45, 7) is 2.61. The van der Waals surface area contributed by atoms with E-state index in [-0.39, 0.29) is 5.96 Å². The fourth-order valence-electron chi connectivity index (χ4n) is 2.80. The molecule has 3 rings (SSSR count). The Morgan fingerprint density at radius 3 is 2.72 bits per heavy atom. The number of nitriles is 1. The molecule has 1 atom stereocenters. The van der Waals surface area contributed by atoms with Gasteiger partial charge < -0.3 is 16.2 Å². The number of nitrogens with zero attached hydrogens (tertiary/aromatic N) is 3. The first kappa shape index (κ1) is 20.0. The molecule has 0 aliphatic rings. The topological polar surface area (TPSA) is 119 Å². The largest absolute Gasteiger partial charge is 0.374 e. The molecule has 146 valence electrons. The van der Waals surface area contributed by atoms with Gasteiger partial charge in [0, 0.05) is 11.8 Å². The lowest BCUT2D eigenvalue weighted by Gasteiger charge is -2.13. The number of aromatic nitrogens is 1. The van der Waals surface area contributed by atoms with Gasteiger partial charge in [-0.3, -0.25) is 5.32 Å². The third-order valence-electron chi connectivity index (χ3n) is 4.23.